The van der Waals surface area contributed by atoms with Crippen LogP contribution in [0.15, 0.2) is 12.1 Å². The fourth-order valence-electron chi connectivity index (χ4n) is 1.65. The number of benzene rings is 1. The van der Waals surface area contributed by atoms with Gasteiger partial charge in [0.05, 0.1) is 6.10 Å². The first-order chi connectivity index (χ1) is 7.52. The van der Waals surface area contributed by atoms with Crippen molar-refractivity contribution in [3.63, 3.8) is 0 Å². The van der Waals surface area contributed by atoms with Crippen molar-refractivity contribution in [1.82, 2.24) is 0 Å². The largest absolute Gasteiger partial charge is 0.390 e. The summed E-state index contributed by atoms with van der Waals surface area (Å²) in [6.45, 7) is 0. The van der Waals surface area contributed by atoms with Gasteiger partial charge in [-0.3, -0.25) is 0 Å². The van der Waals surface area contributed by atoms with E-state index in [2.05, 4.69) is 0 Å². The summed E-state index contributed by atoms with van der Waals surface area (Å²) in [5.74, 6) is -4.45. The van der Waals surface area contributed by atoms with Gasteiger partial charge in [0.2, 0.25) is 0 Å². The molecule has 1 aromatic carbocycles. The van der Waals surface area contributed by atoms with Gasteiger partial charge in [0.25, 0.3) is 0 Å². The Kier molecular flexibility index (Phi) is 2.90. The summed E-state index contributed by atoms with van der Waals surface area (Å²) in [5, 5.41) is 19.2. The molecule has 2 nitrogen and oxygen atoms in total. The zero-order valence-corrected chi connectivity index (χ0v) is 8.33. The number of rotatable bonds is 3. The lowest BCUT2D eigenvalue weighted by Crippen LogP contribution is -2.21. The highest BCUT2D eigenvalue weighted by atomic mass is 19.2. The Bertz CT molecular complexity index is 404. The second kappa shape index (κ2) is 4.07. The minimum absolute atomic E-state index is 0.0810. The second-order valence-corrected chi connectivity index (χ2v) is 4.04. The van der Waals surface area contributed by atoms with Crippen molar-refractivity contribution in [1.29, 1.82) is 0 Å². The Labute approximate surface area is 90.3 Å². The molecule has 0 heterocycles. The summed E-state index contributed by atoms with van der Waals surface area (Å²) in [7, 11) is 0. The minimum atomic E-state index is -1.63. The van der Waals surface area contributed by atoms with Crippen LogP contribution in [-0.2, 0) is 0 Å². The molecule has 0 aromatic heterocycles. The van der Waals surface area contributed by atoms with Gasteiger partial charge >= 0.3 is 0 Å². The molecular weight excluding hydrogens is 221 g/mol. The van der Waals surface area contributed by atoms with E-state index in [1.165, 1.54) is 0 Å². The summed E-state index contributed by atoms with van der Waals surface area (Å²) in [6.07, 6.45) is -1.13. The quantitative estimate of drug-likeness (QED) is 0.781. The molecule has 0 aliphatic heterocycles. The summed E-state index contributed by atoms with van der Waals surface area (Å²) >= 11 is 0. The van der Waals surface area contributed by atoms with E-state index in [1.807, 2.05) is 0 Å². The molecule has 2 N–H and O–H groups in total. The molecule has 2 rings (SSSR count). The van der Waals surface area contributed by atoms with Gasteiger partial charge < -0.3 is 10.2 Å². The van der Waals surface area contributed by atoms with Gasteiger partial charge in [-0.05, 0) is 24.8 Å². The van der Waals surface area contributed by atoms with Crippen LogP contribution in [0.1, 0.15) is 24.5 Å². The average Bonchev–Trinajstić information content (AvgIpc) is 3.08. The maximum absolute atomic E-state index is 13.3. The lowest BCUT2D eigenvalue weighted by Gasteiger charge is -2.18. The van der Waals surface area contributed by atoms with Gasteiger partial charge in [-0.15, -0.1) is 0 Å². The van der Waals surface area contributed by atoms with Gasteiger partial charge in [0.1, 0.15) is 6.10 Å². The van der Waals surface area contributed by atoms with Crippen LogP contribution in [0.4, 0.5) is 13.2 Å². The smallest absolute Gasteiger partial charge is 0.194 e. The zero-order chi connectivity index (χ0) is 11.9. The molecule has 0 radical (unpaired) electrons. The Morgan fingerprint density at radius 3 is 2.25 bits per heavy atom. The van der Waals surface area contributed by atoms with Gasteiger partial charge in [-0.2, -0.15) is 0 Å². The molecule has 1 saturated carbocycles. The van der Waals surface area contributed by atoms with Crippen molar-refractivity contribution < 1.29 is 23.4 Å². The third-order valence-corrected chi connectivity index (χ3v) is 2.81. The molecule has 1 aliphatic carbocycles. The van der Waals surface area contributed by atoms with E-state index >= 15 is 0 Å². The number of aliphatic hydroxyl groups is 2. The van der Waals surface area contributed by atoms with E-state index < -0.39 is 35.2 Å². The molecule has 0 amide bonds. The average molecular weight is 232 g/mol. The SMILES string of the molecule is OC(c1ccc(F)c(F)c1F)C(O)C1CC1. The molecule has 1 aromatic rings. The highest BCUT2D eigenvalue weighted by Gasteiger charge is 2.36. The van der Waals surface area contributed by atoms with Crippen molar-refractivity contribution in [3.05, 3.63) is 35.1 Å². The van der Waals surface area contributed by atoms with E-state index in [1.54, 1.807) is 0 Å². The normalized spacial score (nSPS) is 19.6. The topological polar surface area (TPSA) is 40.5 Å². The fourth-order valence-corrected chi connectivity index (χ4v) is 1.65. The number of aliphatic hydroxyl groups excluding tert-OH is 2. The Balaban J connectivity index is 2.29. The van der Waals surface area contributed by atoms with Gasteiger partial charge in [-0.1, -0.05) is 6.07 Å². The fraction of sp³-hybridized carbons (Fsp3) is 0.455. The third-order valence-electron chi connectivity index (χ3n) is 2.81. The monoisotopic (exact) mass is 232 g/mol. The van der Waals surface area contributed by atoms with Gasteiger partial charge in [-0.25, -0.2) is 13.2 Å². The van der Waals surface area contributed by atoms with Crippen LogP contribution in [0.25, 0.3) is 0 Å². The van der Waals surface area contributed by atoms with Crippen molar-refractivity contribution in [2.24, 2.45) is 5.92 Å². The molecule has 2 unspecified atom stereocenters. The molecule has 2 atom stereocenters. The lowest BCUT2D eigenvalue weighted by atomic mass is 10.0. The zero-order valence-electron chi connectivity index (χ0n) is 8.33. The molecule has 16 heavy (non-hydrogen) atoms. The predicted octanol–water partition coefficient (Wildman–Crippen LogP) is 1.91. The van der Waals surface area contributed by atoms with Gasteiger partial charge in [0, 0.05) is 5.56 Å². The van der Waals surface area contributed by atoms with E-state index in [0.29, 0.717) is 0 Å². The van der Waals surface area contributed by atoms with E-state index in [-0.39, 0.29) is 5.92 Å². The van der Waals surface area contributed by atoms with Crippen LogP contribution >= 0.6 is 0 Å². The van der Waals surface area contributed by atoms with Crippen LogP contribution < -0.4 is 0 Å². The first-order valence-electron chi connectivity index (χ1n) is 5.02. The molecule has 5 heteroatoms. The van der Waals surface area contributed by atoms with E-state index in [4.69, 9.17) is 0 Å². The van der Waals surface area contributed by atoms with Gasteiger partial charge in [0.15, 0.2) is 17.5 Å². The first-order valence-corrected chi connectivity index (χ1v) is 5.02. The standard InChI is InChI=1S/C11H11F3O2/c12-7-4-3-6(8(13)9(7)14)11(16)10(15)5-1-2-5/h3-5,10-11,15-16H,1-2H2. The molecule has 1 aliphatic rings. The summed E-state index contributed by atoms with van der Waals surface area (Å²) in [4.78, 5) is 0. The maximum Gasteiger partial charge on any atom is 0.194 e. The summed E-state index contributed by atoms with van der Waals surface area (Å²) in [5.41, 5.74) is -0.404. The Morgan fingerprint density at radius 2 is 1.69 bits per heavy atom. The Hall–Kier alpha value is -1.07. The number of hydrogen-bond acceptors (Lipinski definition) is 2. The van der Waals surface area contributed by atoms with Crippen LogP contribution in [0.5, 0.6) is 0 Å². The molecule has 0 saturated heterocycles. The summed E-state index contributed by atoms with van der Waals surface area (Å²) in [6, 6.07) is 1.68. The highest BCUT2D eigenvalue weighted by molar-refractivity contribution is 5.23. The maximum atomic E-state index is 13.3. The van der Waals surface area contributed by atoms with Crippen LogP contribution in [-0.4, -0.2) is 16.3 Å². The van der Waals surface area contributed by atoms with Crippen LogP contribution in [0, 0.1) is 23.4 Å². The minimum Gasteiger partial charge on any atom is -0.390 e. The van der Waals surface area contributed by atoms with Crippen LogP contribution in [0.3, 0.4) is 0 Å². The van der Waals surface area contributed by atoms with Crippen molar-refractivity contribution in [3.8, 4) is 0 Å². The van der Waals surface area contributed by atoms with E-state index in [9.17, 15) is 23.4 Å². The van der Waals surface area contributed by atoms with Crippen LogP contribution in [0.2, 0.25) is 0 Å². The van der Waals surface area contributed by atoms with E-state index in [0.717, 1.165) is 25.0 Å². The highest BCUT2D eigenvalue weighted by Crippen LogP contribution is 2.38. The van der Waals surface area contributed by atoms with Crippen molar-refractivity contribution in [2.75, 3.05) is 0 Å². The summed E-state index contributed by atoms with van der Waals surface area (Å²) < 4.78 is 38.8. The van der Waals surface area contributed by atoms with Crippen molar-refractivity contribution in [2.45, 2.75) is 25.0 Å². The third kappa shape index (κ3) is 1.92. The number of halogens is 3. The lowest BCUT2D eigenvalue weighted by molar-refractivity contribution is 0.00247. The first kappa shape index (κ1) is 11.4. The van der Waals surface area contributed by atoms with Crippen molar-refractivity contribution >= 4 is 0 Å². The molecule has 0 bridgehead atoms. The Morgan fingerprint density at radius 1 is 1.06 bits per heavy atom. The molecule has 88 valence electrons. The molecule has 0 spiro atoms. The molecule has 1 fully saturated rings. The molecular formula is C11H11F3O2. The predicted molar refractivity (Wildman–Crippen MR) is 50.0 cm³/mol. The second-order valence-electron chi connectivity index (χ2n) is 4.04. The number of hydrogen-bond donors (Lipinski definition) is 2.